The molecule has 0 saturated carbocycles. The third-order valence-corrected chi connectivity index (χ3v) is 3.70. The maximum absolute atomic E-state index is 5.74. The number of nitrogens with two attached hydrogens (primary N) is 1. The summed E-state index contributed by atoms with van der Waals surface area (Å²) in [5.74, 6) is 0. The van der Waals surface area contributed by atoms with E-state index in [4.69, 9.17) is 5.73 Å². The fourth-order valence-electron chi connectivity index (χ4n) is 2.57. The summed E-state index contributed by atoms with van der Waals surface area (Å²) in [6.07, 6.45) is 0. The molecule has 3 aromatic carbocycles. The fourth-order valence-corrected chi connectivity index (χ4v) is 2.57. The van der Waals surface area contributed by atoms with Crippen molar-refractivity contribution >= 4 is 11.4 Å². The van der Waals surface area contributed by atoms with Crippen LogP contribution in [-0.2, 0) is 0 Å². The van der Waals surface area contributed by atoms with Crippen molar-refractivity contribution in [2.75, 3.05) is 11.1 Å². The van der Waals surface area contributed by atoms with Crippen LogP contribution in [-0.4, -0.2) is 6.04 Å². The van der Waals surface area contributed by atoms with Crippen LogP contribution in [0.5, 0.6) is 0 Å². The lowest BCUT2D eigenvalue weighted by atomic mass is 10.00. The van der Waals surface area contributed by atoms with Crippen molar-refractivity contribution in [3.8, 4) is 22.3 Å². The Labute approximate surface area is 138 Å². The van der Waals surface area contributed by atoms with Gasteiger partial charge in [-0.05, 0) is 66.4 Å². The maximum Gasteiger partial charge on any atom is 0.0348 e. The molecule has 0 aliphatic rings. The van der Waals surface area contributed by atoms with Gasteiger partial charge in [-0.2, -0.15) is 0 Å². The predicted molar refractivity (Wildman–Crippen MR) is 99.3 cm³/mol. The zero-order valence-corrected chi connectivity index (χ0v) is 13.5. The number of benzene rings is 3. The standard InChI is InChI=1S/C21H21N2/c1-15(2)23-21-5-3-4-19(14-21)18-8-6-16(7-9-18)17-10-12-20(22)13-11-17/h3,5-15,23H,22H2,1-2H3. The third-order valence-electron chi connectivity index (χ3n) is 3.70. The number of rotatable bonds is 4. The van der Waals surface area contributed by atoms with Gasteiger partial charge in [-0.3, -0.25) is 0 Å². The van der Waals surface area contributed by atoms with E-state index >= 15 is 0 Å². The fraction of sp³-hybridized carbons (Fsp3) is 0.143. The molecule has 2 nitrogen and oxygen atoms in total. The van der Waals surface area contributed by atoms with Gasteiger partial charge in [0.25, 0.3) is 0 Å². The highest BCUT2D eigenvalue weighted by Gasteiger charge is 2.03. The minimum Gasteiger partial charge on any atom is -0.399 e. The quantitative estimate of drug-likeness (QED) is 0.648. The van der Waals surface area contributed by atoms with Crippen molar-refractivity contribution in [3.05, 3.63) is 72.8 Å². The molecule has 0 unspecified atom stereocenters. The summed E-state index contributed by atoms with van der Waals surface area (Å²) in [5.41, 5.74) is 12.3. The van der Waals surface area contributed by atoms with Gasteiger partial charge in [0.2, 0.25) is 0 Å². The zero-order chi connectivity index (χ0) is 16.2. The Hall–Kier alpha value is -2.74. The van der Waals surface area contributed by atoms with E-state index in [-0.39, 0.29) is 0 Å². The average molecular weight is 301 g/mol. The highest BCUT2D eigenvalue weighted by atomic mass is 14.9. The van der Waals surface area contributed by atoms with E-state index in [0.717, 1.165) is 22.5 Å². The highest BCUT2D eigenvalue weighted by molar-refractivity contribution is 5.72. The van der Waals surface area contributed by atoms with Crippen LogP contribution in [0.25, 0.3) is 22.3 Å². The van der Waals surface area contributed by atoms with E-state index in [1.165, 1.54) is 11.1 Å². The lowest BCUT2D eigenvalue weighted by molar-refractivity contribution is 0.900. The normalized spacial score (nSPS) is 10.7. The zero-order valence-electron chi connectivity index (χ0n) is 13.5. The second kappa shape index (κ2) is 6.57. The van der Waals surface area contributed by atoms with Gasteiger partial charge in [0.05, 0.1) is 0 Å². The van der Waals surface area contributed by atoms with Crippen molar-refractivity contribution in [2.45, 2.75) is 19.9 Å². The maximum atomic E-state index is 5.74. The summed E-state index contributed by atoms with van der Waals surface area (Å²) in [7, 11) is 0. The molecule has 0 spiro atoms. The van der Waals surface area contributed by atoms with Crippen LogP contribution in [0.3, 0.4) is 0 Å². The van der Waals surface area contributed by atoms with E-state index in [0.29, 0.717) is 6.04 Å². The molecule has 3 rings (SSSR count). The smallest absolute Gasteiger partial charge is 0.0348 e. The molecular formula is C21H21N2. The second-order valence-electron chi connectivity index (χ2n) is 5.99. The van der Waals surface area contributed by atoms with Crippen LogP contribution in [0.4, 0.5) is 11.4 Å². The van der Waals surface area contributed by atoms with Gasteiger partial charge in [0.15, 0.2) is 0 Å². The summed E-state index contributed by atoms with van der Waals surface area (Å²) in [6.45, 7) is 4.27. The molecule has 0 aliphatic carbocycles. The minimum absolute atomic E-state index is 0.415. The highest BCUT2D eigenvalue weighted by Crippen LogP contribution is 2.26. The van der Waals surface area contributed by atoms with Crippen LogP contribution in [0, 0.1) is 6.07 Å². The van der Waals surface area contributed by atoms with E-state index in [9.17, 15) is 0 Å². The van der Waals surface area contributed by atoms with Gasteiger partial charge >= 0.3 is 0 Å². The second-order valence-corrected chi connectivity index (χ2v) is 5.99. The Morgan fingerprint density at radius 2 is 1.39 bits per heavy atom. The topological polar surface area (TPSA) is 38.0 Å². The number of hydrogen-bond acceptors (Lipinski definition) is 2. The van der Waals surface area contributed by atoms with Gasteiger partial charge in [-0.25, -0.2) is 0 Å². The molecule has 3 N–H and O–H groups in total. The minimum atomic E-state index is 0.415. The Morgan fingerprint density at radius 1 is 0.826 bits per heavy atom. The van der Waals surface area contributed by atoms with Crippen LogP contribution in [0.1, 0.15) is 13.8 Å². The summed E-state index contributed by atoms with van der Waals surface area (Å²) in [5, 5.41) is 3.43. The first-order valence-corrected chi connectivity index (χ1v) is 7.86. The van der Waals surface area contributed by atoms with Crippen molar-refractivity contribution in [1.82, 2.24) is 0 Å². The van der Waals surface area contributed by atoms with E-state index in [2.05, 4.69) is 55.6 Å². The first-order chi connectivity index (χ1) is 11.1. The molecule has 0 saturated heterocycles. The van der Waals surface area contributed by atoms with Crippen LogP contribution < -0.4 is 11.1 Å². The number of nitrogen functional groups attached to an aromatic ring is 1. The van der Waals surface area contributed by atoms with Gasteiger partial charge in [-0.1, -0.05) is 42.5 Å². The predicted octanol–water partition coefficient (Wildman–Crippen LogP) is 5.22. The van der Waals surface area contributed by atoms with Gasteiger partial charge in [0, 0.05) is 17.4 Å². The van der Waals surface area contributed by atoms with Gasteiger partial charge in [-0.15, -0.1) is 0 Å². The molecule has 0 aromatic heterocycles. The molecule has 0 aliphatic heterocycles. The molecule has 23 heavy (non-hydrogen) atoms. The van der Waals surface area contributed by atoms with Gasteiger partial charge < -0.3 is 11.1 Å². The van der Waals surface area contributed by atoms with Gasteiger partial charge in [0.1, 0.15) is 0 Å². The first kappa shape index (κ1) is 15.2. The SMILES string of the molecule is CC(C)Nc1cc[c]c(-c2ccc(-c3ccc(N)cc3)cc2)c1. The molecule has 0 fully saturated rings. The summed E-state index contributed by atoms with van der Waals surface area (Å²) >= 11 is 0. The van der Waals surface area contributed by atoms with E-state index in [1.807, 2.05) is 36.4 Å². The number of anilines is 2. The van der Waals surface area contributed by atoms with Crippen molar-refractivity contribution in [1.29, 1.82) is 0 Å². The van der Waals surface area contributed by atoms with Crippen LogP contribution >= 0.6 is 0 Å². The summed E-state index contributed by atoms with van der Waals surface area (Å²) in [4.78, 5) is 0. The molecule has 0 amide bonds. The Bertz CT molecular complexity index is 772. The monoisotopic (exact) mass is 301 g/mol. The Kier molecular flexibility index (Phi) is 4.33. The first-order valence-electron chi connectivity index (χ1n) is 7.86. The van der Waals surface area contributed by atoms with Crippen molar-refractivity contribution < 1.29 is 0 Å². The molecule has 0 atom stereocenters. The van der Waals surface area contributed by atoms with Crippen LogP contribution in [0.15, 0.2) is 66.7 Å². The lowest BCUT2D eigenvalue weighted by Crippen LogP contribution is -2.09. The largest absolute Gasteiger partial charge is 0.399 e. The number of hydrogen-bond donors (Lipinski definition) is 2. The van der Waals surface area contributed by atoms with Crippen molar-refractivity contribution in [2.24, 2.45) is 0 Å². The lowest BCUT2D eigenvalue weighted by Gasteiger charge is -2.11. The molecule has 1 radical (unpaired) electrons. The van der Waals surface area contributed by atoms with Crippen LogP contribution in [0.2, 0.25) is 0 Å². The molecule has 115 valence electrons. The Balaban J connectivity index is 1.86. The van der Waals surface area contributed by atoms with E-state index in [1.54, 1.807) is 0 Å². The van der Waals surface area contributed by atoms with Crippen molar-refractivity contribution in [3.63, 3.8) is 0 Å². The third kappa shape index (κ3) is 3.72. The van der Waals surface area contributed by atoms with E-state index < -0.39 is 0 Å². The molecule has 0 bridgehead atoms. The molecule has 0 heterocycles. The molecule has 3 aromatic rings. The summed E-state index contributed by atoms with van der Waals surface area (Å²) < 4.78 is 0. The average Bonchev–Trinajstić information content (AvgIpc) is 2.55. The summed E-state index contributed by atoms with van der Waals surface area (Å²) in [6, 6.07) is 26.4. The Morgan fingerprint density at radius 3 is 2.00 bits per heavy atom. The molecule has 2 heteroatoms. The molecular weight excluding hydrogens is 280 g/mol. The number of nitrogens with one attached hydrogen (secondary N) is 1.